The summed E-state index contributed by atoms with van der Waals surface area (Å²) in [6.07, 6.45) is 1.45. The molecule has 0 spiro atoms. The maximum atomic E-state index is 13.3. The van der Waals surface area contributed by atoms with Gasteiger partial charge in [0.1, 0.15) is 6.33 Å². The number of rotatable bonds is 7. The zero-order valence-electron chi connectivity index (χ0n) is 17.5. The maximum absolute atomic E-state index is 13.3. The molecule has 3 aromatic carbocycles. The highest BCUT2D eigenvalue weighted by molar-refractivity contribution is 7.92. The second kappa shape index (κ2) is 9.39. The van der Waals surface area contributed by atoms with E-state index in [1.54, 1.807) is 55.5 Å². The average molecular weight is 483 g/mol. The Hall–Kier alpha value is -3.76. The third-order valence-corrected chi connectivity index (χ3v) is 7.07. The van der Waals surface area contributed by atoms with E-state index in [0.29, 0.717) is 17.1 Å². The molecule has 1 N–H and O–H groups in total. The van der Waals surface area contributed by atoms with Crippen molar-refractivity contribution in [2.75, 3.05) is 16.2 Å². The fraction of sp³-hybridized carbons (Fsp3) is 0.0909. The summed E-state index contributed by atoms with van der Waals surface area (Å²) in [6, 6.07) is 19.7. The highest BCUT2D eigenvalue weighted by Crippen LogP contribution is 2.27. The molecule has 11 heteroatoms. The molecule has 0 atom stereocenters. The number of benzene rings is 3. The highest BCUT2D eigenvalue weighted by atomic mass is 35.5. The Morgan fingerprint density at radius 3 is 2.42 bits per heavy atom. The molecule has 4 aromatic rings. The largest absolute Gasteiger partial charge is 0.322 e. The molecule has 0 fully saturated rings. The van der Waals surface area contributed by atoms with Gasteiger partial charge in [0.05, 0.1) is 26.9 Å². The quantitative estimate of drug-likeness (QED) is 0.429. The fourth-order valence-electron chi connectivity index (χ4n) is 3.23. The van der Waals surface area contributed by atoms with E-state index in [9.17, 15) is 13.2 Å². The Morgan fingerprint density at radius 1 is 1.06 bits per heavy atom. The summed E-state index contributed by atoms with van der Waals surface area (Å²) < 4.78 is 29.3. The van der Waals surface area contributed by atoms with Gasteiger partial charge in [-0.25, -0.2) is 13.1 Å². The first-order chi connectivity index (χ1) is 15.9. The molecular weight excluding hydrogens is 464 g/mol. The minimum absolute atomic E-state index is 0.0308. The molecule has 0 aliphatic rings. The lowest BCUT2D eigenvalue weighted by atomic mass is 10.2. The van der Waals surface area contributed by atoms with E-state index in [1.807, 2.05) is 6.07 Å². The highest BCUT2D eigenvalue weighted by Gasteiger charge is 2.25. The number of sulfonamides is 1. The molecule has 33 heavy (non-hydrogen) atoms. The van der Waals surface area contributed by atoms with Crippen LogP contribution in [0.15, 0.2) is 84.0 Å². The molecule has 0 bridgehead atoms. The molecule has 0 saturated carbocycles. The average Bonchev–Trinajstić information content (AvgIpc) is 3.36. The molecule has 0 aliphatic heterocycles. The number of aromatic nitrogens is 4. The van der Waals surface area contributed by atoms with Crippen LogP contribution in [0.2, 0.25) is 5.02 Å². The van der Waals surface area contributed by atoms with Crippen molar-refractivity contribution >= 4 is 38.9 Å². The van der Waals surface area contributed by atoms with Gasteiger partial charge in [-0.15, -0.1) is 5.10 Å². The summed E-state index contributed by atoms with van der Waals surface area (Å²) in [4.78, 5) is 12.9. The molecule has 1 heterocycles. The van der Waals surface area contributed by atoms with Crippen LogP contribution in [0.1, 0.15) is 17.3 Å². The van der Waals surface area contributed by atoms with E-state index in [2.05, 4.69) is 20.8 Å². The zero-order valence-corrected chi connectivity index (χ0v) is 19.0. The number of anilines is 2. The Balaban J connectivity index is 1.59. The summed E-state index contributed by atoms with van der Waals surface area (Å²) >= 11 is 6.24. The van der Waals surface area contributed by atoms with Crippen LogP contribution in [0.5, 0.6) is 0 Å². The normalized spacial score (nSPS) is 11.2. The Morgan fingerprint density at radius 2 is 1.79 bits per heavy atom. The summed E-state index contributed by atoms with van der Waals surface area (Å²) in [5, 5.41) is 13.8. The number of carbonyl (C=O) groups excluding carboxylic acids is 1. The van der Waals surface area contributed by atoms with Gasteiger partial charge in [-0.05, 0) is 71.9 Å². The van der Waals surface area contributed by atoms with Crippen molar-refractivity contribution in [3.05, 3.63) is 89.7 Å². The SMILES string of the molecule is CCN(c1ccccc1)S(=O)(=O)c1ccc(Cl)c(C(=O)Nc2ccc(-n3cnnn3)cc2)c1. The molecule has 0 saturated heterocycles. The van der Waals surface area contributed by atoms with E-state index in [1.165, 1.54) is 33.5 Å². The van der Waals surface area contributed by atoms with Crippen LogP contribution >= 0.6 is 11.6 Å². The smallest absolute Gasteiger partial charge is 0.264 e. The van der Waals surface area contributed by atoms with Crippen molar-refractivity contribution < 1.29 is 13.2 Å². The van der Waals surface area contributed by atoms with Crippen LogP contribution in [-0.4, -0.2) is 41.1 Å². The minimum Gasteiger partial charge on any atom is -0.322 e. The molecule has 1 amide bonds. The third-order valence-electron chi connectivity index (χ3n) is 4.84. The summed E-state index contributed by atoms with van der Waals surface area (Å²) in [7, 11) is -3.91. The van der Waals surface area contributed by atoms with Crippen LogP contribution < -0.4 is 9.62 Å². The number of hydrogen-bond acceptors (Lipinski definition) is 6. The van der Waals surface area contributed by atoms with Crippen molar-refractivity contribution in [2.24, 2.45) is 0 Å². The Kier molecular flexibility index (Phi) is 6.38. The predicted molar refractivity (Wildman–Crippen MR) is 125 cm³/mol. The molecule has 168 valence electrons. The van der Waals surface area contributed by atoms with Gasteiger partial charge >= 0.3 is 0 Å². The van der Waals surface area contributed by atoms with E-state index in [-0.39, 0.29) is 22.0 Å². The second-order valence-electron chi connectivity index (χ2n) is 6.90. The van der Waals surface area contributed by atoms with Crippen molar-refractivity contribution in [3.63, 3.8) is 0 Å². The van der Waals surface area contributed by atoms with Crippen LogP contribution in [0.3, 0.4) is 0 Å². The lowest BCUT2D eigenvalue weighted by Crippen LogP contribution is -2.31. The predicted octanol–water partition coefficient (Wildman–Crippen LogP) is 3.78. The number of nitrogens with zero attached hydrogens (tertiary/aromatic N) is 5. The molecule has 0 unspecified atom stereocenters. The molecule has 0 aliphatic carbocycles. The monoisotopic (exact) mass is 482 g/mol. The van der Waals surface area contributed by atoms with Crippen molar-refractivity contribution in [1.82, 2.24) is 20.2 Å². The van der Waals surface area contributed by atoms with Crippen molar-refractivity contribution in [3.8, 4) is 5.69 Å². The molecule has 0 radical (unpaired) electrons. The molecule has 9 nitrogen and oxygen atoms in total. The summed E-state index contributed by atoms with van der Waals surface area (Å²) in [5.41, 5.74) is 1.79. The van der Waals surface area contributed by atoms with Gasteiger partial charge in [-0.1, -0.05) is 29.8 Å². The van der Waals surface area contributed by atoms with Crippen LogP contribution in [0.4, 0.5) is 11.4 Å². The first-order valence-electron chi connectivity index (χ1n) is 9.92. The first-order valence-corrected chi connectivity index (χ1v) is 11.7. The Bertz CT molecular complexity index is 1360. The zero-order chi connectivity index (χ0) is 23.4. The van der Waals surface area contributed by atoms with E-state index in [4.69, 9.17) is 11.6 Å². The van der Waals surface area contributed by atoms with Crippen LogP contribution in [0.25, 0.3) is 5.69 Å². The third kappa shape index (κ3) is 4.71. The topological polar surface area (TPSA) is 110 Å². The minimum atomic E-state index is -3.91. The summed E-state index contributed by atoms with van der Waals surface area (Å²) in [6.45, 7) is 1.97. The number of carbonyl (C=O) groups is 1. The lowest BCUT2D eigenvalue weighted by Gasteiger charge is -2.23. The number of halogens is 1. The second-order valence-corrected chi connectivity index (χ2v) is 9.17. The van der Waals surface area contributed by atoms with Gasteiger partial charge in [-0.3, -0.25) is 9.10 Å². The first kappa shape index (κ1) is 22.4. The summed E-state index contributed by atoms with van der Waals surface area (Å²) in [5.74, 6) is -0.532. The fourth-order valence-corrected chi connectivity index (χ4v) is 4.93. The number of para-hydroxylation sites is 1. The van der Waals surface area contributed by atoms with Gasteiger partial charge in [0, 0.05) is 12.2 Å². The molecule has 4 rings (SSSR count). The van der Waals surface area contributed by atoms with Crippen LogP contribution in [-0.2, 0) is 10.0 Å². The van der Waals surface area contributed by atoms with Crippen molar-refractivity contribution in [1.29, 1.82) is 0 Å². The molecular formula is C22H19ClN6O3S. The van der Waals surface area contributed by atoms with Gasteiger partial charge in [0.2, 0.25) is 0 Å². The number of tetrazole rings is 1. The van der Waals surface area contributed by atoms with E-state index < -0.39 is 15.9 Å². The van der Waals surface area contributed by atoms with Gasteiger partial charge in [-0.2, -0.15) is 0 Å². The standard InChI is InChI=1S/C22H19ClN6O3S/c1-2-29(18-6-4-3-5-7-18)33(31,32)19-12-13-21(23)20(14-19)22(30)25-16-8-10-17(11-9-16)28-15-24-26-27-28/h3-15H,2H2,1H3,(H,25,30). The van der Waals surface area contributed by atoms with Gasteiger partial charge < -0.3 is 5.32 Å². The molecule has 1 aromatic heterocycles. The van der Waals surface area contributed by atoms with Crippen LogP contribution in [0, 0.1) is 0 Å². The maximum Gasteiger partial charge on any atom is 0.264 e. The van der Waals surface area contributed by atoms with E-state index >= 15 is 0 Å². The van der Waals surface area contributed by atoms with Crippen molar-refractivity contribution in [2.45, 2.75) is 11.8 Å². The Labute approximate surface area is 195 Å². The number of nitrogens with one attached hydrogen (secondary N) is 1. The van der Waals surface area contributed by atoms with Gasteiger partial charge in [0.25, 0.3) is 15.9 Å². The number of hydrogen-bond donors (Lipinski definition) is 1. The lowest BCUT2D eigenvalue weighted by molar-refractivity contribution is 0.102. The van der Waals surface area contributed by atoms with Gasteiger partial charge in [0.15, 0.2) is 0 Å². The number of amides is 1. The van der Waals surface area contributed by atoms with E-state index in [0.717, 1.165) is 0 Å².